The number of carbonyl (C=O) groups excluding carboxylic acids is 1. The Morgan fingerprint density at radius 1 is 1.06 bits per heavy atom. The highest BCUT2D eigenvalue weighted by Gasteiger charge is 2.44. The van der Waals surface area contributed by atoms with Crippen molar-refractivity contribution in [3.05, 3.63) is 47.0 Å². The van der Waals surface area contributed by atoms with Gasteiger partial charge >= 0.3 is 0 Å². The van der Waals surface area contributed by atoms with Gasteiger partial charge in [0.05, 0.1) is 32.1 Å². The summed E-state index contributed by atoms with van der Waals surface area (Å²) < 4.78 is 44.6. The van der Waals surface area contributed by atoms with Crippen molar-refractivity contribution in [2.45, 2.75) is 31.1 Å². The maximum absolute atomic E-state index is 13.4. The van der Waals surface area contributed by atoms with E-state index in [0.717, 1.165) is 12.0 Å². The Kier molecular flexibility index (Phi) is 8.90. The molecule has 1 amide bonds. The predicted octanol–water partition coefficient (Wildman–Crippen LogP) is 3.93. The second-order valence-corrected chi connectivity index (χ2v) is 11.3. The van der Waals surface area contributed by atoms with Crippen LogP contribution in [-0.2, 0) is 14.8 Å². The van der Waals surface area contributed by atoms with E-state index in [2.05, 4.69) is 19.2 Å². The average Bonchev–Trinajstić information content (AvgIpc) is 3.29. The van der Waals surface area contributed by atoms with Gasteiger partial charge in [0.25, 0.3) is 0 Å². The molecular formula is C25H33ClN2O6S. The zero-order chi connectivity index (χ0) is 25.8. The van der Waals surface area contributed by atoms with Crippen LogP contribution < -0.4 is 19.5 Å². The Labute approximate surface area is 212 Å². The van der Waals surface area contributed by atoms with E-state index >= 15 is 0 Å². The normalized spacial score (nSPS) is 18.5. The quantitative estimate of drug-likeness (QED) is 0.506. The number of amides is 1. The van der Waals surface area contributed by atoms with Crippen LogP contribution in [0.2, 0.25) is 5.02 Å². The molecular weight excluding hydrogens is 492 g/mol. The summed E-state index contributed by atoms with van der Waals surface area (Å²) in [4.78, 5) is 13.4. The minimum absolute atomic E-state index is 0.0554. The number of methoxy groups -OCH3 is 3. The monoisotopic (exact) mass is 524 g/mol. The van der Waals surface area contributed by atoms with Gasteiger partial charge in [-0.15, -0.1) is 0 Å². The van der Waals surface area contributed by atoms with E-state index in [1.807, 2.05) is 0 Å². The molecule has 1 fully saturated rings. The van der Waals surface area contributed by atoms with E-state index in [1.165, 1.54) is 49.9 Å². The van der Waals surface area contributed by atoms with Crippen molar-refractivity contribution in [2.75, 3.05) is 41.0 Å². The molecule has 0 aromatic heterocycles. The number of rotatable bonds is 10. The molecule has 35 heavy (non-hydrogen) atoms. The molecule has 3 rings (SSSR count). The molecule has 2 atom stereocenters. The highest BCUT2D eigenvalue weighted by molar-refractivity contribution is 7.89. The van der Waals surface area contributed by atoms with Crippen molar-refractivity contribution in [1.82, 2.24) is 9.62 Å². The van der Waals surface area contributed by atoms with Gasteiger partial charge in [0, 0.05) is 30.6 Å². The molecule has 0 bridgehead atoms. The molecule has 1 N–H and O–H groups in total. The summed E-state index contributed by atoms with van der Waals surface area (Å²) in [7, 11) is 0.715. The number of benzene rings is 2. The molecule has 1 heterocycles. The highest BCUT2D eigenvalue weighted by Crippen LogP contribution is 2.44. The third-order valence-electron chi connectivity index (χ3n) is 6.21. The van der Waals surface area contributed by atoms with Crippen LogP contribution in [0.15, 0.2) is 41.3 Å². The van der Waals surface area contributed by atoms with E-state index in [1.54, 1.807) is 12.1 Å². The molecule has 10 heteroatoms. The summed E-state index contributed by atoms with van der Waals surface area (Å²) in [6, 6.07) is 9.58. The van der Waals surface area contributed by atoms with E-state index < -0.39 is 21.9 Å². The number of ether oxygens (including phenoxy) is 3. The molecule has 1 saturated heterocycles. The van der Waals surface area contributed by atoms with Crippen LogP contribution in [0.4, 0.5) is 0 Å². The topological polar surface area (TPSA) is 94.2 Å². The van der Waals surface area contributed by atoms with Gasteiger partial charge in [0.15, 0.2) is 11.5 Å². The SMILES string of the molecule is COc1cc([C@H]2CN(S(=O)(=O)c3ccc(Cl)cc3)C[C@@H]2C(=O)NCCC(C)C)cc(OC)c1OC. The van der Waals surface area contributed by atoms with Crippen LogP contribution in [0.5, 0.6) is 17.2 Å². The number of hydrogen-bond acceptors (Lipinski definition) is 6. The number of nitrogens with zero attached hydrogens (tertiary/aromatic N) is 1. The maximum Gasteiger partial charge on any atom is 0.243 e. The van der Waals surface area contributed by atoms with Crippen LogP contribution in [-0.4, -0.2) is 59.6 Å². The second kappa shape index (κ2) is 11.5. The lowest BCUT2D eigenvalue weighted by molar-refractivity contribution is -0.124. The summed E-state index contributed by atoms with van der Waals surface area (Å²) in [6.07, 6.45) is 0.833. The molecule has 2 aromatic carbocycles. The lowest BCUT2D eigenvalue weighted by Gasteiger charge is -2.21. The van der Waals surface area contributed by atoms with Crippen molar-refractivity contribution in [3.63, 3.8) is 0 Å². The van der Waals surface area contributed by atoms with Crippen LogP contribution in [0.25, 0.3) is 0 Å². The molecule has 0 saturated carbocycles. The highest BCUT2D eigenvalue weighted by atomic mass is 35.5. The largest absolute Gasteiger partial charge is 0.493 e. The fraction of sp³-hybridized carbons (Fsp3) is 0.480. The van der Waals surface area contributed by atoms with Gasteiger partial charge in [-0.05, 0) is 54.3 Å². The van der Waals surface area contributed by atoms with Gasteiger partial charge in [-0.2, -0.15) is 4.31 Å². The molecule has 1 aliphatic rings. The smallest absolute Gasteiger partial charge is 0.243 e. The van der Waals surface area contributed by atoms with E-state index in [-0.39, 0.29) is 23.9 Å². The molecule has 0 radical (unpaired) electrons. The molecule has 2 aromatic rings. The van der Waals surface area contributed by atoms with E-state index in [9.17, 15) is 13.2 Å². The van der Waals surface area contributed by atoms with Crippen molar-refractivity contribution in [2.24, 2.45) is 11.8 Å². The number of hydrogen-bond donors (Lipinski definition) is 1. The molecule has 0 unspecified atom stereocenters. The molecule has 0 spiro atoms. The van der Waals surface area contributed by atoms with Crippen LogP contribution in [0.3, 0.4) is 0 Å². The van der Waals surface area contributed by atoms with Crippen LogP contribution >= 0.6 is 11.6 Å². The fourth-order valence-electron chi connectivity index (χ4n) is 4.25. The number of sulfonamides is 1. The third-order valence-corrected chi connectivity index (χ3v) is 8.31. The maximum atomic E-state index is 13.4. The van der Waals surface area contributed by atoms with Gasteiger partial charge < -0.3 is 19.5 Å². The average molecular weight is 525 g/mol. The van der Waals surface area contributed by atoms with Crippen molar-refractivity contribution in [3.8, 4) is 17.2 Å². The number of carbonyl (C=O) groups is 1. The van der Waals surface area contributed by atoms with E-state index in [0.29, 0.717) is 34.7 Å². The van der Waals surface area contributed by atoms with Gasteiger partial charge in [0.2, 0.25) is 21.7 Å². The van der Waals surface area contributed by atoms with Crippen molar-refractivity contribution < 1.29 is 27.4 Å². The van der Waals surface area contributed by atoms with Crippen molar-refractivity contribution in [1.29, 1.82) is 0 Å². The molecule has 192 valence electrons. The Bertz CT molecular complexity index is 1110. The Morgan fingerprint density at radius 3 is 2.17 bits per heavy atom. The standard InChI is InChI=1S/C25H33ClN2O6S/c1-16(2)10-11-27-25(29)21-15-28(35(30,31)19-8-6-18(26)7-9-19)14-20(21)17-12-22(32-3)24(34-5)23(13-17)33-4/h6-9,12-13,16,20-21H,10-11,14-15H2,1-5H3,(H,27,29)/t20-,21+/m1/s1. The number of halogens is 1. The number of nitrogens with one attached hydrogen (secondary N) is 1. The fourth-order valence-corrected chi connectivity index (χ4v) is 5.87. The van der Waals surface area contributed by atoms with Crippen molar-refractivity contribution >= 4 is 27.5 Å². The van der Waals surface area contributed by atoms with E-state index in [4.69, 9.17) is 25.8 Å². The molecule has 8 nitrogen and oxygen atoms in total. The van der Waals surface area contributed by atoms with Gasteiger partial charge in [-0.25, -0.2) is 8.42 Å². The Morgan fingerprint density at radius 2 is 1.66 bits per heavy atom. The third kappa shape index (κ3) is 6.02. The van der Waals surface area contributed by atoms with Crippen LogP contribution in [0, 0.1) is 11.8 Å². The predicted molar refractivity (Wildman–Crippen MR) is 135 cm³/mol. The van der Waals surface area contributed by atoms with Gasteiger partial charge in [-0.1, -0.05) is 25.4 Å². The first-order valence-corrected chi connectivity index (χ1v) is 13.3. The van der Waals surface area contributed by atoms with Crippen LogP contribution in [0.1, 0.15) is 31.7 Å². The van der Waals surface area contributed by atoms with Gasteiger partial charge in [0.1, 0.15) is 0 Å². The first-order chi connectivity index (χ1) is 16.6. The Balaban J connectivity index is 1.99. The minimum Gasteiger partial charge on any atom is -0.493 e. The first kappa shape index (κ1) is 27.1. The molecule has 1 aliphatic heterocycles. The summed E-state index contributed by atoms with van der Waals surface area (Å²) >= 11 is 5.95. The lowest BCUT2D eigenvalue weighted by Crippen LogP contribution is -2.36. The second-order valence-electron chi connectivity index (χ2n) is 8.92. The zero-order valence-electron chi connectivity index (χ0n) is 20.7. The summed E-state index contributed by atoms with van der Waals surface area (Å²) in [5.41, 5.74) is 0.734. The minimum atomic E-state index is -3.83. The lowest BCUT2D eigenvalue weighted by atomic mass is 9.87. The zero-order valence-corrected chi connectivity index (χ0v) is 22.3. The Hall–Kier alpha value is -2.49. The summed E-state index contributed by atoms with van der Waals surface area (Å²) in [5.74, 6) is 0.571. The first-order valence-electron chi connectivity index (χ1n) is 11.5. The molecule has 0 aliphatic carbocycles. The summed E-state index contributed by atoms with van der Waals surface area (Å²) in [6.45, 7) is 4.88. The summed E-state index contributed by atoms with van der Waals surface area (Å²) in [5, 5.41) is 3.44. The van der Waals surface area contributed by atoms with Gasteiger partial charge in [-0.3, -0.25) is 4.79 Å².